The van der Waals surface area contributed by atoms with Crippen LogP contribution in [0.25, 0.3) is 0 Å². The van der Waals surface area contributed by atoms with Gasteiger partial charge in [0.25, 0.3) is 6.43 Å². The Kier molecular flexibility index (Phi) is 5.84. The van der Waals surface area contributed by atoms with Crippen LogP contribution in [-0.4, -0.2) is 36.6 Å². The minimum atomic E-state index is -3.09. The lowest BCUT2D eigenvalue weighted by molar-refractivity contribution is -0.0145. The molecule has 7 nitrogen and oxygen atoms in total. The second-order valence-electron chi connectivity index (χ2n) is 5.84. The van der Waals surface area contributed by atoms with E-state index in [1.54, 1.807) is 6.07 Å². The number of ether oxygens (including phenoxy) is 2. The summed E-state index contributed by atoms with van der Waals surface area (Å²) in [6.45, 7) is -0.681. The number of anilines is 1. The summed E-state index contributed by atoms with van der Waals surface area (Å²) < 4.78 is 52.7. The average Bonchev–Trinajstić information content (AvgIpc) is 2.65. The van der Waals surface area contributed by atoms with E-state index < -0.39 is 36.0 Å². The standard InChI is InChI=1S/C17H14BrF3N4O3/c18-9-1-4-14(23-6-9)28-16(26)24-10-2-3-12(19)11(5-10)17(15(20)21)8-27-7-13(22)25-17/h1-6,15H,7-8H2,(H2,22,25)(H,24,26). The molecule has 1 aliphatic heterocycles. The molecule has 0 saturated heterocycles. The van der Waals surface area contributed by atoms with E-state index >= 15 is 0 Å². The number of alkyl halides is 2. The third-order valence-electron chi connectivity index (χ3n) is 3.85. The van der Waals surface area contributed by atoms with Gasteiger partial charge in [0.15, 0.2) is 5.54 Å². The Morgan fingerprint density at radius 3 is 2.79 bits per heavy atom. The molecule has 1 amide bonds. The number of aliphatic imine (C=N–C) groups is 1. The maximum Gasteiger partial charge on any atom is 0.418 e. The molecule has 2 aromatic rings. The van der Waals surface area contributed by atoms with Crippen molar-refractivity contribution in [1.29, 1.82) is 0 Å². The normalized spacial score (nSPS) is 19.2. The van der Waals surface area contributed by atoms with Crippen LogP contribution in [0.4, 0.5) is 23.7 Å². The van der Waals surface area contributed by atoms with E-state index in [9.17, 15) is 18.0 Å². The van der Waals surface area contributed by atoms with Crippen molar-refractivity contribution in [3.8, 4) is 5.88 Å². The van der Waals surface area contributed by atoms with Crippen LogP contribution in [0.3, 0.4) is 0 Å². The van der Waals surface area contributed by atoms with Crippen molar-refractivity contribution in [2.75, 3.05) is 18.5 Å². The fourth-order valence-electron chi connectivity index (χ4n) is 2.60. The first-order valence-electron chi connectivity index (χ1n) is 7.90. The molecule has 148 valence electrons. The number of aromatic nitrogens is 1. The number of amidine groups is 1. The summed E-state index contributed by atoms with van der Waals surface area (Å²) in [5.41, 5.74) is 2.79. The van der Waals surface area contributed by atoms with Crippen molar-refractivity contribution < 1.29 is 27.4 Å². The Bertz CT molecular complexity index is 911. The Morgan fingerprint density at radius 2 is 2.14 bits per heavy atom. The summed E-state index contributed by atoms with van der Waals surface area (Å²) in [7, 11) is 0. The summed E-state index contributed by atoms with van der Waals surface area (Å²) >= 11 is 3.19. The Hall–Kier alpha value is -2.66. The van der Waals surface area contributed by atoms with E-state index in [4.69, 9.17) is 15.2 Å². The highest BCUT2D eigenvalue weighted by molar-refractivity contribution is 9.10. The largest absolute Gasteiger partial charge is 0.418 e. The van der Waals surface area contributed by atoms with Gasteiger partial charge >= 0.3 is 6.09 Å². The van der Waals surface area contributed by atoms with Crippen molar-refractivity contribution in [2.45, 2.75) is 12.0 Å². The van der Waals surface area contributed by atoms with Crippen LogP contribution >= 0.6 is 15.9 Å². The van der Waals surface area contributed by atoms with Crippen molar-refractivity contribution in [3.05, 3.63) is 52.4 Å². The molecule has 3 N–H and O–H groups in total. The third-order valence-corrected chi connectivity index (χ3v) is 4.32. The number of pyridine rings is 1. The molecule has 28 heavy (non-hydrogen) atoms. The van der Waals surface area contributed by atoms with Gasteiger partial charge in [0.05, 0.1) is 6.61 Å². The fourth-order valence-corrected chi connectivity index (χ4v) is 2.83. The first-order valence-corrected chi connectivity index (χ1v) is 8.70. The molecule has 1 aromatic heterocycles. The number of hydrogen-bond donors (Lipinski definition) is 2. The summed E-state index contributed by atoms with van der Waals surface area (Å²) in [5.74, 6) is -1.09. The van der Waals surface area contributed by atoms with Gasteiger partial charge in [0.2, 0.25) is 5.88 Å². The number of halogens is 4. The zero-order chi connectivity index (χ0) is 20.3. The van der Waals surface area contributed by atoms with E-state index in [2.05, 4.69) is 31.2 Å². The number of nitrogens with one attached hydrogen (secondary N) is 1. The summed E-state index contributed by atoms with van der Waals surface area (Å²) in [5, 5.41) is 2.33. The maximum absolute atomic E-state index is 14.4. The van der Waals surface area contributed by atoms with Crippen LogP contribution in [0.1, 0.15) is 5.56 Å². The van der Waals surface area contributed by atoms with E-state index in [1.807, 2.05) is 0 Å². The molecule has 1 aliphatic rings. The molecule has 11 heteroatoms. The number of carbonyl (C=O) groups is 1. The molecule has 0 fully saturated rings. The zero-order valence-corrected chi connectivity index (χ0v) is 15.8. The summed E-state index contributed by atoms with van der Waals surface area (Å²) in [6.07, 6.45) is -2.59. The zero-order valence-electron chi connectivity index (χ0n) is 14.2. The van der Waals surface area contributed by atoms with Gasteiger partial charge in [-0.25, -0.2) is 22.9 Å². The van der Waals surface area contributed by atoms with E-state index in [-0.39, 0.29) is 24.0 Å². The lowest BCUT2D eigenvalue weighted by atomic mass is 9.90. The van der Waals surface area contributed by atoms with Crippen LogP contribution in [0.15, 0.2) is 46.0 Å². The third kappa shape index (κ3) is 4.25. The molecule has 0 aliphatic carbocycles. The maximum atomic E-state index is 14.4. The predicted octanol–water partition coefficient (Wildman–Crippen LogP) is 3.44. The lowest BCUT2D eigenvalue weighted by Crippen LogP contribution is -2.45. The number of nitrogens with zero attached hydrogens (tertiary/aromatic N) is 2. The molecule has 1 aromatic carbocycles. The molecule has 3 rings (SSSR count). The van der Waals surface area contributed by atoms with E-state index in [1.165, 1.54) is 18.3 Å². The Morgan fingerprint density at radius 1 is 1.36 bits per heavy atom. The van der Waals surface area contributed by atoms with Gasteiger partial charge in [-0.1, -0.05) is 0 Å². The van der Waals surface area contributed by atoms with Gasteiger partial charge in [-0.3, -0.25) is 10.3 Å². The molecular formula is C17H14BrF3N4O3. The van der Waals surface area contributed by atoms with E-state index in [0.717, 1.165) is 12.1 Å². The van der Waals surface area contributed by atoms with Crippen molar-refractivity contribution in [1.82, 2.24) is 4.98 Å². The highest BCUT2D eigenvalue weighted by Crippen LogP contribution is 2.37. The quantitative estimate of drug-likeness (QED) is 0.730. The second-order valence-corrected chi connectivity index (χ2v) is 6.76. The summed E-state index contributed by atoms with van der Waals surface area (Å²) in [6, 6.07) is 6.24. The predicted molar refractivity (Wildman–Crippen MR) is 98.1 cm³/mol. The van der Waals surface area contributed by atoms with Gasteiger partial charge < -0.3 is 15.2 Å². The SMILES string of the molecule is NC1=NC(c2cc(NC(=O)Oc3ccc(Br)cn3)ccc2F)(C(F)F)COC1. The van der Waals surface area contributed by atoms with Gasteiger partial charge in [0.1, 0.15) is 18.3 Å². The Balaban J connectivity index is 1.85. The smallest absolute Gasteiger partial charge is 0.391 e. The molecule has 0 saturated carbocycles. The number of hydrogen-bond acceptors (Lipinski definition) is 6. The number of amides is 1. The number of nitrogens with two attached hydrogens (primary N) is 1. The first-order chi connectivity index (χ1) is 13.3. The first kappa shape index (κ1) is 20.1. The second kappa shape index (κ2) is 8.15. The van der Waals surface area contributed by atoms with Crippen molar-refractivity contribution in [2.24, 2.45) is 10.7 Å². The average molecular weight is 459 g/mol. The minimum absolute atomic E-state index is 0.0186. The molecule has 2 heterocycles. The van der Waals surface area contributed by atoms with Gasteiger partial charge in [-0.05, 0) is 40.2 Å². The van der Waals surface area contributed by atoms with Gasteiger partial charge in [-0.15, -0.1) is 0 Å². The molecule has 0 radical (unpaired) electrons. The van der Waals surface area contributed by atoms with Crippen molar-refractivity contribution >= 4 is 33.5 Å². The van der Waals surface area contributed by atoms with Crippen LogP contribution in [0.2, 0.25) is 0 Å². The topological polar surface area (TPSA) is 98.8 Å². The molecule has 1 unspecified atom stereocenters. The summed E-state index contributed by atoms with van der Waals surface area (Å²) in [4.78, 5) is 19.6. The monoisotopic (exact) mass is 458 g/mol. The van der Waals surface area contributed by atoms with E-state index in [0.29, 0.717) is 4.47 Å². The Labute approximate surface area is 165 Å². The molecule has 1 atom stereocenters. The van der Waals surface area contributed by atoms with Gasteiger partial charge in [-0.2, -0.15) is 0 Å². The van der Waals surface area contributed by atoms with Crippen LogP contribution in [0, 0.1) is 5.82 Å². The van der Waals surface area contributed by atoms with Crippen LogP contribution in [0.5, 0.6) is 5.88 Å². The highest BCUT2D eigenvalue weighted by Gasteiger charge is 2.46. The number of carbonyl (C=O) groups excluding carboxylic acids is 1. The lowest BCUT2D eigenvalue weighted by Gasteiger charge is -2.33. The van der Waals surface area contributed by atoms with Crippen molar-refractivity contribution in [3.63, 3.8) is 0 Å². The van der Waals surface area contributed by atoms with Crippen LogP contribution < -0.4 is 15.8 Å². The minimum Gasteiger partial charge on any atom is -0.391 e. The highest BCUT2D eigenvalue weighted by atomic mass is 79.9. The molecular weight excluding hydrogens is 445 g/mol. The fraction of sp³-hybridized carbons (Fsp3) is 0.235. The molecule has 0 spiro atoms. The molecule has 0 bridgehead atoms. The number of benzene rings is 1. The van der Waals surface area contributed by atoms with Gasteiger partial charge in [0, 0.05) is 28.0 Å². The van der Waals surface area contributed by atoms with Crippen LogP contribution in [-0.2, 0) is 10.3 Å². The number of rotatable bonds is 4.